The van der Waals surface area contributed by atoms with Crippen LogP contribution >= 0.6 is 0 Å². The Balaban J connectivity index is 1.41. The summed E-state index contributed by atoms with van der Waals surface area (Å²) in [6, 6.07) is 15.4. The van der Waals surface area contributed by atoms with Gasteiger partial charge in [0.1, 0.15) is 17.6 Å². The highest BCUT2D eigenvalue weighted by molar-refractivity contribution is 6.22. The van der Waals surface area contributed by atoms with Crippen molar-refractivity contribution in [2.24, 2.45) is 0 Å². The Labute approximate surface area is 206 Å². The van der Waals surface area contributed by atoms with Crippen LogP contribution in [-0.4, -0.2) is 42.7 Å². The number of nitrogens with zero attached hydrogens (tertiary/aromatic N) is 2. The van der Waals surface area contributed by atoms with Gasteiger partial charge in [0.05, 0.1) is 19.2 Å². The van der Waals surface area contributed by atoms with Crippen LogP contribution in [0.4, 0.5) is 20.6 Å². The molecule has 0 aliphatic carbocycles. The van der Waals surface area contributed by atoms with Gasteiger partial charge in [-0.2, -0.15) is 0 Å². The van der Waals surface area contributed by atoms with Gasteiger partial charge in [0, 0.05) is 12.2 Å². The topological polar surface area (TPSA) is 97.4 Å². The van der Waals surface area contributed by atoms with Crippen molar-refractivity contribution in [1.29, 1.82) is 0 Å². The second kappa shape index (κ2) is 9.57. The van der Waals surface area contributed by atoms with Gasteiger partial charge in [-0.05, 0) is 66.2 Å². The minimum Gasteiger partial charge on any atom is -0.497 e. The second-order valence-electron chi connectivity index (χ2n) is 8.24. The lowest BCUT2D eigenvalue weighted by Crippen LogP contribution is -2.37. The number of carbonyl (C=O) groups is 3. The Morgan fingerprint density at radius 2 is 1.75 bits per heavy atom. The van der Waals surface area contributed by atoms with E-state index in [2.05, 4.69) is 5.32 Å². The molecule has 2 aliphatic heterocycles. The van der Waals surface area contributed by atoms with E-state index in [1.165, 1.54) is 36.3 Å². The van der Waals surface area contributed by atoms with Crippen LogP contribution in [0.15, 0.2) is 66.7 Å². The highest BCUT2D eigenvalue weighted by Crippen LogP contribution is 2.35. The van der Waals surface area contributed by atoms with Crippen LogP contribution in [0.25, 0.3) is 0 Å². The molecule has 5 rings (SSSR count). The van der Waals surface area contributed by atoms with E-state index in [0.717, 1.165) is 4.90 Å². The van der Waals surface area contributed by atoms with E-state index in [9.17, 15) is 18.8 Å². The number of benzene rings is 3. The Kier molecular flexibility index (Phi) is 6.16. The predicted molar refractivity (Wildman–Crippen MR) is 127 cm³/mol. The number of carbonyl (C=O) groups excluding carboxylic acids is 3. The quantitative estimate of drug-likeness (QED) is 0.503. The number of methoxy groups -OCH3 is 1. The van der Waals surface area contributed by atoms with Crippen molar-refractivity contribution in [3.8, 4) is 17.2 Å². The molecule has 0 aromatic heterocycles. The third kappa shape index (κ3) is 4.52. The number of fused-ring (bicyclic) bond motifs is 1. The molecule has 0 unspecified atom stereocenters. The Morgan fingerprint density at radius 3 is 2.47 bits per heavy atom. The van der Waals surface area contributed by atoms with E-state index in [0.29, 0.717) is 34.2 Å². The number of nitrogens with one attached hydrogen (secondary N) is 1. The summed E-state index contributed by atoms with van der Waals surface area (Å²) in [6.45, 7) is 0.180. The van der Waals surface area contributed by atoms with Crippen LogP contribution in [0.2, 0.25) is 0 Å². The molecule has 1 atom stereocenters. The summed E-state index contributed by atoms with van der Waals surface area (Å²) in [5.74, 6) is 0.265. The summed E-state index contributed by atoms with van der Waals surface area (Å²) in [4.78, 5) is 42.1. The number of hydrogen-bond donors (Lipinski definition) is 1. The first-order valence-electron chi connectivity index (χ1n) is 11.2. The van der Waals surface area contributed by atoms with Crippen LogP contribution in [0, 0.1) is 5.82 Å². The highest BCUT2D eigenvalue weighted by Gasteiger charge is 2.46. The minimum atomic E-state index is -1.05. The summed E-state index contributed by atoms with van der Waals surface area (Å²) in [5.41, 5.74) is 1.45. The van der Waals surface area contributed by atoms with E-state index >= 15 is 0 Å². The van der Waals surface area contributed by atoms with Gasteiger partial charge in [0.15, 0.2) is 11.5 Å². The number of amides is 4. The van der Waals surface area contributed by atoms with Crippen molar-refractivity contribution < 1.29 is 33.0 Å². The third-order valence-electron chi connectivity index (χ3n) is 5.95. The third-order valence-corrected chi connectivity index (χ3v) is 5.95. The zero-order chi connectivity index (χ0) is 25.2. The van der Waals surface area contributed by atoms with E-state index < -0.39 is 29.7 Å². The molecule has 1 fully saturated rings. The zero-order valence-electron chi connectivity index (χ0n) is 19.3. The molecule has 3 aromatic carbocycles. The molecular weight excluding hydrogens is 469 g/mol. The van der Waals surface area contributed by atoms with Crippen molar-refractivity contribution in [1.82, 2.24) is 4.90 Å². The number of rotatable bonds is 7. The molecule has 184 valence electrons. The summed E-state index contributed by atoms with van der Waals surface area (Å²) in [5, 5.41) is 2.65. The maximum atomic E-state index is 13.5. The monoisotopic (exact) mass is 491 g/mol. The minimum absolute atomic E-state index is 0.0718. The van der Waals surface area contributed by atoms with Gasteiger partial charge in [0.25, 0.3) is 5.91 Å². The summed E-state index contributed by atoms with van der Waals surface area (Å²) in [6.07, 6.45) is -0.279. The van der Waals surface area contributed by atoms with Gasteiger partial charge in [0.2, 0.25) is 12.7 Å². The van der Waals surface area contributed by atoms with Crippen LogP contribution in [0.5, 0.6) is 17.2 Å². The smallest absolute Gasteiger partial charge is 0.332 e. The van der Waals surface area contributed by atoms with Gasteiger partial charge in [-0.25, -0.2) is 14.1 Å². The van der Waals surface area contributed by atoms with Crippen LogP contribution in [0.1, 0.15) is 12.0 Å². The van der Waals surface area contributed by atoms with Gasteiger partial charge in [-0.3, -0.25) is 9.59 Å². The molecule has 36 heavy (non-hydrogen) atoms. The number of anilines is 2. The fourth-order valence-electron chi connectivity index (χ4n) is 4.14. The average molecular weight is 491 g/mol. The maximum Gasteiger partial charge on any atom is 0.332 e. The first-order chi connectivity index (χ1) is 17.4. The molecule has 0 spiro atoms. The summed E-state index contributed by atoms with van der Waals surface area (Å²) >= 11 is 0. The molecule has 0 radical (unpaired) electrons. The molecule has 3 aromatic rings. The lowest BCUT2D eigenvalue weighted by molar-refractivity contribution is -0.124. The van der Waals surface area contributed by atoms with E-state index in [4.69, 9.17) is 14.2 Å². The van der Waals surface area contributed by atoms with E-state index in [-0.39, 0.29) is 19.8 Å². The number of imide groups is 1. The summed E-state index contributed by atoms with van der Waals surface area (Å²) < 4.78 is 29.1. The van der Waals surface area contributed by atoms with Crippen molar-refractivity contribution >= 4 is 29.2 Å². The van der Waals surface area contributed by atoms with Gasteiger partial charge >= 0.3 is 6.03 Å². The summed E-state index contributed by atoms with van der Waals surface area (Å²) in [7, 11) is 1.52. The Morgan fingerprint density at radius 1 is 1.03 bits per heavy atom. The standard InChI is InChI=1S/C26H22FN3O6/c1-34-20-9-7-19(8-10-20)30-25(32)21(13-24(31)28-18-5-3-17(27)4-6-18)29(26(30)33)14-16-2-11-22-23(12-16)36-15-35-22/h2-12,21H,13-15H2,1H3,(H,28,31)/t21-/m1/s1. The van der Waals surface area contributed by atoms with E-state index in [1.807, 2.05) is 0 Å². The number of hydrogen-bond acceptors (Lipinski definition) is 6. The predicted octanol–water partition coefficient (Wildman–Crippen LogP) is 3.93. The van der Waals surface area contributed by atoms with Crippen molar-refractivity contribution in [3.05, 3.63) is 78.1 Å². The fraction of sp³-hybridized carbons (Fsp3) is 0.192. The fourth-order valence-corrected chi connectivity index (χ4v) is 4.14. The molecule has 1 saturated heterocycles. The van der Waals surface area contributed by atoms with Gasteiger partial charge in [-0.1, -0.05) is 6.07 Å². The van der Waals surface area contributed by atoms with Crippen molar-refractivity contribution in [2.45, 2.75) is 19.0 Å². The molecule has 2 aliphatic rings. The van der Waals surface area contributed by atoms with Crippen molar-refractivity contribution in [3.63, 3.8) is 0 Å². The number of urea groups is 1. The van der Waals surface area contributed by atoms with E-state index in [1.54, 1.807) is 42.5 Å². The maximum absolute atomic E-state index is 13.5. The molecule has 0 saturated carbocycles. The molecular formula is C26H22FN3O6. The SMILES string of the molecule is COc1ccc(N2C(=O)[C@@H](CC(=O)Nc3ccc(F)cc3)N(Cc3ccc4c(c3)OCO4)C2=O)cc1. The first-order valence-corrected chi connectivity index (χ1v) is 11.2. The first kappa shape index (κ1) is 23.2. The highest BCUT2D eigenvalue weighted by atomic mass is 19.1. The largest absolute Gasteiger partial charge is 0.497 e. The van der Waals surface area contributed by atoms with Gasteiger partial charge < -0.3 is 24.4 Å². The van der Waals surface area contributed by atoms with Crippen molar-refractivity contribution in [2.75, 3.05) is 24.1 Å². The molecule has 1 N–H and O–H groups in total. The lowest BCUT2D eigenvalue weighted by Gasteiger charge is -2.22. The molecule has 2 heterocycles. The number of halogens is 1. The molecule has 0 bridgehead atoms. The normalized spacial score (nSPS) is 16.4. The Bertz CT molecular complexity index is 1310. The zero-order valence-corrected chi connectivity index (χ0v) is 19.3. The second-order valence-corrected chi connectivity index (χ2v) is 8.24. The molecule has 4 amide bonds. The lowest BCUT2D eigenvalue weighted by atomic mass is 10.1. The van der Waals surface area contributed by atoms with Crippen LogP contribution < -0.4 is 24.4 Å². The number of ether oxygens (including phenoxy) is 3. The van der Waals surface area contributed by atoms with Crippen LogP contribution in [-0.2, 0) is 16.1 Å². The molecule has 10 heteroatoms. The Hall–Kier alpha value is -4.60. The molecule has 9 nitrogen and oxygen atoms in total. The van der Waals surface area contributed by atoms with Crippen LogP contribution in [0.3, 0.4) is 0 Å². The average Bonchev–Trinajstić information content (AvgIpc) is 3.43. The van der Waals surface area contributed by atoms with Gasteiger partial charge in [-0.15, -0.1) is 0 Å².